The highest BCUT2D eigenvalue weighted by atomic mass is 16.5. The zero-order chi connectivity index (χ0) is 7.94. The van der Waals surface area contributed by atoms with Crippen molar-refractivity contribution in [3.8, 4) is 11.8 Å². The lowest BCUT2D eigenvalue weighted by Crippen LogP contribution is -2.36. The van der Waals surface area contributed by atoms with Gasteiger partial charge in [0.2, 0.25) is 0 Å². The molecule has 0 radical (unpaired) electrons. The summed E-state index contributed by atoms with van der Waals surface area (Å²) in [6.07, 6.45) is 0. The maximum Gasteiger partial charge on any atom is 0.0603 e. The van der Waals surface area contributed by atoms with Gasteiger partial charge in [-0.2, -0.15) is 0 Å². The molecule has 62 valence electrons. The lowest BCUT2D eigenvalue weighted by atomic mass is 10.4. The second-order valence-electron chi connectivity index (χ2n) is 2.45. The predicted molar refractivity (Wildman–Crippen MR) is 44.1 cm³/mol. The zero-order valence-corrected chi connectivity index (χ0v) is 6.68. The molecule has 0 unspecified atom stereocenters. The number of hydrogen-bond acceptors (Lipinski definition) is 3. The van der Waals surface area contributed by atoms with Crippen molar-refractivity contribution in [3.05, 3.63) is 0 Å². The van der Waals surface area contributed by atoms with Crippen LogP contribution in [0.3, 0.4) is 0 Å². The summed E-state index contributed by atoms with van der Waals surface area (Å²) in [7, 11) is 0. The van der Waals surface area contributed by atoms with Crippen molar-refractivity contribution in [2.24, 2.45) is 5.73 Å². The minimum absolute atomic E-state index is 0.463. The van der Waals surface area contributed by atoms with Crippen molar-refractivity contribution in [2.45, 2.75) is 0 Å². The van der Waals surface area contributed by atoms with E-state index >= 15 is 0 Å². The van der Waals surface area contributed by atoms with Gasteiger partial charge in [-0.25, -0.2) is 0 Å². The van der Waals surface area contributed by atoms with Crippen molar-refractivity contribution in [2.75, 3.05) is 39.4 Å². The van der Waals surface area contributed by atoms with Gasteiger partial charge in [0.1, 0.15) is 0 Å². The lowest BCUT2D eigenvalue weighted by Gasteiger charge is -2.24. The molecule has 0 aromatic carbocycles. The number of ether oxygens (including phenoxy) is 1. The molecule has 2 N–H and O–H groups in total. The fourth-order valence-electron chi connectivity index (χ4n) is 0.999. The van der Waals surface area contributed by atoms with Gasteiger partial charge in [0.25, 0.3) is 0 Å². The van der Waals surface area contributed by atoms with E-state index in [0.29, 0.717) is 6.54 Å². The van der Waals surface area contributed by atoms with Gasteiger partial charge in [0.05, 0.1) is 26.3 Å². The second-order valence-corrected chi connectivity index (χ2v) is 2.45. The van der Waals surface area contributed by atoms with Crippen molar-refractivity contribution in [3.63, 3.8) is 0 Å². The highest BCUT2D eigenvalue weighted by molar-refractivity contribution is 5.02. The van der Waals surface area contributed by atoms with Crippen LogP contribution in [0.15, 0.2) is 0 Å². The molecule has 1 aliphatic heterocycles. The SMILES string of the molecule is NCC#CCN1CCOCC1. The van der Waals surface area contributed by atoms with Crippen LogP contribution in [0.1, 0.15) is 0 Å². The van der Waals surface area contributed by atoms with Crippen molar-refractivity contribution >= 4 is 0 Å². The predicted octanol–water partition coefficient (Wildman–Crippen LogP) is -0.719. The minimum Gasteiger partial charge on any atom is -0.379 e. The van der Waals surface area contributed by atoms with Crippen LogP contribution in [-0.4, -0.2) is 44.3 Å². The second kappa shape index (κ2) is 5.14. The molecule has 3 nitrogen and oxygen atoms in total. The Kier molecular flexibility index (Phi) is 3.99. The summed E-state index contributed by atoms with van der Waals surface area (Å²) >= 11 is 0. The fourth-order valence-corrected chi connectivity index (χ4v) is 0.999. The molecule has 0 amide bonds. The molecule has 1 saturated heterocycles. The molecule has 1 heterocycles. The molecule has 0 bridgehead atoms. The number of morpholine rings is 1. The normalized spacial score (nSPS) is 19.0. The third-order valence-electron chi connectivity index (χ3n) is 1.63. The summed E-state index contributed by atoms with van der Waals surface area (Å²) in [5.74, 6) is 5.84. The molecule has 0 aromatic heterocycles. The Hall–Kier alpha value is -0.560. The lowest BCUT2D eigenvalue weighted by molar-refractivity contribution is 0.0443. The molecule has 0 saturated carbocycles. The van der Waals surface area contributed by atoms with Crippen molar-refractivity contribution < 1.29 is 4.74 Å². The summed E-state index contributed by atoms with van der Waals surface area (Å²) in [5.41, 5.74) is 5.23. The largest absolute Gasteiger partial charge is 0.379 e. The molecular formula is C8H14N2O. The van der Waals surface area contributed by atoms with Gasteiger partial charge in [-0.15, -0.1) is 0 Å². The maximum absolute atomic E-state index is 5.23. The zero-order valence-electron chi connectivity index (χ0n) is 6.68. The van der Waals surface area contributed by atoms with E-state index in [2.05, 4.69) is 16.7 Å². The third-order valence-corrected chi connectivity index (χ3v) is 1.63. The van der Waals surface area contributed by atoms with Crippen LogP contribution in [-0.2, 0) is 4.74 Å². The summed E-state index contributed by atoms with van der Waals surface area (Å²) in [4.78, 5) is 2.27. The Balaban J connectivity index is 2.14. The van der Waals surface area contributed by atoms with E-state index in [-0.39, 0.29) is 0 Å². The third kappa shape index (κ3) is 3.38. The first kappa shape index (κ1) is 8.54. The van der Waals surface area contributed by atoms with Crippen molar-refractivity contribution in [1.82, 2.24) is 4.90 Å². The van der Waals surface area contributed by atoms with E-state index in [9.17, 15) is 0 Å². The van der Waals surface area contributed by atoms with Gasteiger partial charge in [-0.3, -0.25) is 4.90 Å². The van der Waals surface area contributed by atoms with Crippen LogP contribution in [0.2, 0.25) is 0 Å². The Morgan fingerprint density at radius 2 is 2.00 bits per heavy atom. The van der Waals surface area contributed by atoms with Gasteiger partial charge in [0.15, 0.2) is 0 Å². The Labute approximate surface area is 67.5 Å². The van der Waals surface area contributed by atoms with E-state index in [1.807, 2.05) is 0 Å². The molecule has 0 aliphatic carbocycles. The smallest absolute Gasteiger partial charge is 0.0603 e. The van der Waals surface area contributed by atoms with Crippen LogP contribution >= 0.6 is 0 Å². The summed E-state index contributed by atoms with van der Waals surface area (Å²) in [5, 5.41) is 0. The van der Waals surface area contributed by atoms with Crippen LogP contribution < -0.4 is 5.73 Å². The molecular weight excluding hydrogens is 140 g/mol. The first-order valence-electron chi connectivity index (χ1n) is 3.89. The molecule has 1 fully saturated rings. The molecule has 0 atom stereocenters. The molecule has 1 rings (SSSR count). The number of nitrogens with two attached hydrogens (primary N) is 1. The van der Waals surface area contributed by atoms with Crippen LogP contribution in [0.5, 0.6) is 0 Å². The molecule has 11 heavy (non-hydrogen) atoms. The topological polar surface area (TPSA) is 38.5 Å². The van der Waals surface area contributed by atoms with E-state index in [4.69, 9.17) is 10.5 Å². The Morgan fingerprint density at radius 3 is 2.64 bits per heavy atom. The van der Waals surface area contributed by atoms with E-state index < -0.39 is 0 Å². The van der Waals surface area contributed by atoms with Gasteiger partial charge >= 0.3 is 0 Å². The summed E-state index contributed by atoms with van der Waals surface area (Å²) in [6.45, 7) is 4.97. The number of nitrogens with zero attached hydrogens (tertiary/aromatic N) is 1. The first-order chi connectivity index (χ1) is 5.43. The molecule has 1 aliphatic rings. The minimum atomic E-state index is 0.463. The van der Waals surface area contributed by atoms with E-state index in [0.717, 1.165) is 32.8 Å². The summed E-state index contributed by atoms with van der Waals surface area (Å²) < 4.78 is 5.19. The first-order valence-corrected chi connectivity index (χ1v) is 3.89. The van der Waals surface area contributed by atoms with Gasteiger partial charge in [0, 0.05) is 13.1 Å². The Morgan fingerprint density at radius 1 is 1.27 bits per heavy atom. The van der Waals surface area contributed by atoms with Gasteiger partial charge in [-0.05, 0) is 0 Å². The van der Waals surface area contributed by atoms with Gasteiger partial charge < -0.3 is 10.5 Å². The van der Waals surface area contributed by atoms with E-state index in [1.165, 1.54) is 0 Å². The van der Waals surface area contributed by atoms with Gasteiger partial charge in [-0.1, -0.05) is 11.8 Å². The molecule has 0 spiro atoms. The Bertz CT molecular complexity index is 153. The quantitative estimate of drug-likeness (QED) is 0.507. The summed E-state index contributed by atoms with van der Waals surface area (Å²) in [6, 6.07) is 0. The van der Waals surface area contributed by atoms with Crippen LogP contribution in [0, 0.1) is 11.8 Å². The average molecular weight is 154 g/mol. The fraction of sp³-hybridized carbons (Fsp3) is 0.750. The highest BCUT2D eigenvalue weighted by Gasteiger charge is 2.07. The van der Waals surface area contributed by atoms with Crippen molar-refractivity contribution in [1.29, 1.82) is 0 Å². The molecule has 3 heteroatoms. The number of hydrogen-bond donors (Lipinski definition) is 1. The average Bonchev–Trinajstić information content (AvgIpc) is 2.07. The standard InChI is InChI=1S/C8H14N2O/c9-3-1-2-4-10-5-7-11-8-6-10/h3-9H2. The van der Waals surface area contributed by atoms with Crippen LogP contribution in [0.25, 0.3) is 0 Å². The highest BCUT2D eigenvalue weighted by Crippen LogP contribution is 1.94. The number of rotatable bonds is 1. The van der Waals surface area contributed by atoms with Crippen LogP contribution in [0.4, 0.5) is 0 Å². The maximum atomic E-state index is 5.23. The monoisotopic (exact) mass is 154 g/mol. The van der Waals surface area contributed by atoms with E-state index in [1.54, 1.807) is 0 Å². The molecule has 0 aromatic rings.